The third-order valence-electron chi connectivity index (χ3n) is 2.23. The van der Waals surface area contributed by atoms with E-state index in [4.69, 9.17) is 14.4 Å². The lowest BCUT2D eigenvalue weighted by Crippen LogP contribution is -2.02. The number of hydrogen-bond acceptors (Lipinski definition) is 6. The van der Waals surface area contributed by atoms with E-state index in [-0.39, 0.29) is 18.4 Å². The van der Waals surface area contributed by atoms with Crippen molar-refractivity contribution in [2.24, 2.45) is 0 Å². The van der Waals surface area contributed by atoms with Crippen LogP contribution in [0.3, 0.4) is 0 Å². The highest BCUT2D eigenvalue weighted by molar-refractivity contribution is 5.86. The van der Waals surface area contributed by atoms with E-state index in [0.717, 1.165) is 0 Å². The van der Waals surface area contributed by atoms with Crippen molar-refractivity contribution in [1.29, 1.82) is 5.26 Å². The van der Waals surface area contributed by atoms with E-state index in [2.05, 4.69) is 10.3 Å². The van der Waals surface area contributed by atoms with Crippen LogP contribution in [-0.2, 0) is 4.74 Å². The van der Waals surface area contributed by atoms with Gasteiger partial charge >= 0.3 is 5.97 Å². The molecule has 0 unspecified atom stereocenters. The summed E-state index contributed by atoms with van der Waals surface area (Å²) >= 11 is 0. The topological polar surface area (TPSA) is 88.1 Å². The Balaban J connectivity index is 2.11. The first kappa shape index (κ1) is 12.6. The van der Waals surface area contributed by atoms with Crippen molar-refractivity contribution in [3.63, 3.8) is 0 Å². The number of rotatable bonds is 4. The summed E-state index contributed by atoms with van der Waals surface area (Å²) in [5.41, 5.74) is 1.17. The van der Waals surface area contributed by atoms with E-state index in [9.17, 15) is 4.79 Å². The number of nitrogens with one attached hydrogen (secondary N) is 1. The number of carbonyl (C=O) groups is 1. The predicted octanol–water partition coefficient (Wildman–Crippen LogP) is 2.47. The van der Waals surface area contributed by atoms with Gasteiger partial charge in [-0.25, -0.2) is 9.78 Å². The first-order chi connectivity index (χ1) is 9.22. The van der Waals surface area contributed by atoms with Crippen molar-refractivity contribution in [3.8, 4) is 6.07 Å². The van der Waals surface area contributed by atoms with Gasteiger partial charge in [-0.05, 0) is 25.1 Å². The normalized spacial score (nSPS) is 9.68. The Morgan fingerprint density at radius 1 is 1.58 bits per heavy atom. The lowest BCUT2D eigenvalue weighted by Gasteiger charge is -2.01. The summed E-state index contributed by atoms with van der Waals surface area (Å²) in [6.45, 7) is 1.98. The van der Waals surface area contributed by atoms with Crippen molar-refractivity contribution in [3.05, 3.63) is 41.8 Å². The van der Waals surface area contributed by atoms with E-state index >= 15 is 0 Å². The second-order valence-electron chi connectivity index (χ2n) is 3.57. The second kappa shape index (κ2) is 5.69. The Morgan fingerprint density at radius 2 is 2.42 bits per heavy atom. The summed E-state index contributed by atoms with van der Waals surface area (Å²) in [7, 11) is 0. The first-order valence-corrected chi connectivity index (χ1v) is 5.63. The molecule has 6 nitrogen and oxygen atoms in total. The van der Waals surface area contributed by atoms with Gasteiger partial charge in [0, 0.05) is 5.69 Å². The molecule has 2 rings (SSSR count). The average Bonchev–Trinajstić information content (AvgIpc) is 2.88. The number of oxazole rings is 1. The summed E-state index contributed by atoms with van der Waals surface area (Å²) in [6.07, 6.45) is 1.29. The number of esters is 1. The summed E-state index contributed by atoms with van der Waals surface area (Å²) in [4.78, 5) is 15.3. The molecule has 0 spiro atoms. The zero-order valence-corrected chi connectivity index (χ0v) is 10.2. The Labute approximate surface area is 109 Å². The number of hydrogen-bond donors (Lipinski definition) is 1. The molecule has 1 N–H and O–H groups in total. The molecule has 19 heavy (non-hydrogen) atoms. The summed E-state index contributed by atoms with van der Waals surface area (Å²) in [6, 6.07) is 9.02. The van der Waals surface area contributed by atoms with E-state index in [1.807, 2.05) is 6.07 Å². The molecule has 0 radical (unpaired) electrons. The highest BCUT2D eigenvalue weighted by atomic mass is 16.5. The number of nitrogens with zero attached hydrogens (tertiary/aromatic N) is 2. The second-order valence-corrected chi connectivity index (χ2v) is 3.57. The smallest absolute Gasteiger partial charge is 0.376 e. The molecule has 0 amide bonds. The highest BCUT2D eigenvalue weighted by Gasteiger charge is 2.13. The molecular formula is C13H11N3O3. The third kappa shape index (κ3) is 3.10. The SMILES string of the molecule is CCOC(=O)c1cnc(Nc2cccc(C#N)c2)o1. The Kier molecular flexibility index (Phi) is 3.78. The molecular weight excluding hydrogens is 246 g/mol. The van der Waals surface area contributed by atoms with Crippen LogP contribution in [0.4, 0.5) is 11.7 Å². The van der Waals surface area contributed by atoms with Crippen LogP contribution in [0, 0.1) is 11.3 Å². The fourth-order valence-corrected chi connectivity index (χ4v) is 1.42. The van der Waals surface area contributed by atoms with Gasteiger partial charge in [0.05, 0.1) is 24.4 Å². The standard InChI is InChI=1S/C13H11N3O3/c1-2-18-12(17)11-8-15-13(19-11)16-10-5-3-4-9(6-10)7-14/h3-6,8H,2H2,1H3,(H,15,16). The van der Waals surface area contributed by atoms with Crippen LogP contribution in [0.25, 0.3) is 0 Å². The van der Waals surface area contributed by atoms with Gasteiger partial charge in [0.2, 0.25) is 5.76 Å². The maximum atomic E-state index is 11.4. The van der Waals surface area contributed by atoms with Gasteiger partial charge in [0.25, 0.3) is 6.01 Å². The van der Waals surface area contributed by atoms with Gasteiger partial charge in [-0.15, -0.1) is 0 Å². The minimum absolute atomic E-state index is 0.0285. The van der Waals surface area contributed by atoms with Gasteiger partial charge in [0.1, 0.15) is 0 Å². The van der Waals surface area contributed by atoms with Crippen molar-refractivity contribution < 1.29 is 13.9 Å². The van der Waals surface area contributed by atoms with E-state index in [0.29, 0.717) is 11.3 Å². The number of benzene rings is 1. The minimum atomic E-state index is -0.561. The molecule has 2 aromatic rings. The zero-order valence-electron chi connectivity index (χ0n) is 10.2. The van der Waals surface area contributed by atoms with Gasteiger partial charge in [-0.2, -0.15) is 5.26 Å². The molecule has 6 heteroatoms. The van der Waals surface area contributed by atoms with Gasteiger partial charge in [0.15, 0.2) is 0 Å². The number of nitriles is 1. The van der Waals surface area contributed by atoms with Crippen molar-refractivity contribution in [2.45, 2.75) is 6.92 Å². The van der Waals surface area contributed by atoms with Crippen LogP contribution in [0.5, 0.6) is 0 Å². The first-order valence-electron chi connectivity index (χ1n) is 5.63. The zero-order chi connectivity index (χ0) is 13.7. The van der Waals surface area contributed by atoms with Crippen LogP contribution in [0.15, 0.2) is 34.9 Å². The van der Waals surface area contributed by atoms with Crippen molar-refractivity contribution in [2.75, 3.05) is 11.9 Å². The number of aromatic nitrogens is 1. The number of ether oxygens (including phenoxy) is 1. The minimum Gasteiger partial charge on any atom is -0.460 e. The molecule has 0 aliphatic rings. The molecule has 1 aromatic carbocycles. The van der Waals surface area contributed by atoms with Crippen LogP contribution >= 0.6 is 0 Å². The molecule has 0 bridgehead atoms. The molecule has 0 fully saturated rings. The van der Waals surface area contributed by atoms with E-state index in [1.54, 1.807) is 31.2 Å². The van der Waals surface area contributed by atoms with Crippen LogP contribution in [-0.4, -0.2) is 17.6 Å². The number of anilines is 2. The van der Waals surface area contributed by atoms with Crippen molar-refractivity contribution in [1.82, 2.24) is 4.98 Å². The van der Waals surface area contributed by atoms with Crippen LogP contribution in [0.2, 0.25) is 0 Å². The quantitative estimate of drug-likeness (QED) is 0.846. The van der Waals surface area contributed by atoms with E-state index in [1.165, 1.54) is 6.20 Å². The van der Waals surface area contributed by atoms with Gasteiger partial charge in [-0.1, -0.05) is 6.07 Å². The Bertz CT molecular complexity index is 628. The molecule has 0 aliphatic carbocycles. The number of carbonyl (C=O) groups excluding carboxylic acids is 1. The van der Waals surface area contributed by atoms with Crippen LogP contribution in [0.1, 0.15) is 23.0 Å². The summed E-state index contributed by atoms with van der Waals surface area (Å²) in [5.74, 6) is -0.533. The van der Waals surface area contributed by atoms with Gasteiger partial charge in [-0.3, -0.25) is 0 Å². The fraction of sp³-hybridized carbons (Fsp3) is 0.154. The lowest BCUT2D eigenvalue weighted by atomic mass is 10.2. The van der Waals surface area contributed by atoms with Gasteiger partial charge < -0.3 is 14.5 Å². The molecule has 0 atom stereocenters. The fourth-order valence-electron chi connectivity index (χ4n) is 1.42. The molecule has 0 saturated heterocycles. The third-order valence-corrected chi connectivity index (χ3v) is 2.23. The maximum Gasteiger partial charge on any atom is 0.376 e. The molecule has 0 aliphatic heterocycles. The average molecular weight is 257 g/mol. The van der Waals surface area contributed by atoms with E-state index < -0.39 is 5.97 Å². The highest BCUT2D eigenvalue weighted by Crippen LogP contribution is 2.17. The molecule has 1 heterocycles. The maximum absolute atomic E-state index is 11.4. The largest absolute Gasteiger partial charge is 0.460 e. The molecule has 1 aromatic heterocycles. The monoisotopic (exact) mass is 257 g/mol. The lowest BCUT2D eigenvalue weighted by molar-refractivity contribution is 0.0491. The summed E-state index contributed by atoms with van der Waals surface area (Å²) in [5, 5.41) is 11.6. The Morgan fingerprint density at radius 3 is 3.16 bits per heavy atom. The Hall–Kier alpha value is -2.81. The molecule has 0 saturated carbocycles. The summed E-state index contributed by atoms with van der Waals surface area (Å²) < 4.78 is 9.98. The van der Waals surface area contributed by atoms with Crippen molar-refractivity contribution >= 4 is 17.7 Å². The predicted molar refractivity (Wildman–Crippen MR) is 66.9 cm³/mol. The van der Waals surface area contributed by atoms with Crippen LogP contribution < -0.4 is 5.32 Å². The molecule has 96 valence electrons.